The van der Waals surface area contributed by atoms with Crippen LogP contribution in [0, 0.1) is 11.3 Å². The number of rotatable bonds is 0. The molecule has 1 aliphatic heterocycles. The Morgan fingerprint density at radius 3 is 2.69 bits per heavy atom. The SMILES string of the molecule is CC1(C)Oc2ccc(C#N)cc2[C@H](O)[C@@H]1O. The Morgan fingerprint density at radius 2 is 2.06 bits per heavy atom. The lowest BCUT2D eigenvalue weighted by molar-refractivity contribution is -0.111. The molecule has 0 aromatic heterocycles. The van der Waals surface area contributed by atoms with E-state index < -0.39 is 17.8 Å². The van der Waals surface area contributed by atoms with Gasteiger partial charge in [0.1, 0.15) is 23.6 Å². The minimum absolute atomic E-state index is 0.438. The van der Waals surface area contributed by atoms with Gasteiger partial charge in [-0.3, -0.25) is 0 Å². The zero-order valence-corrected chi connectivity index (χ0v) is 9.14. The molecule has 0 unspecified atom stereocenters. The molecule has 4 heteroatoms. The van der Waals surface area contributed by atoms with Crippen LogP contribution in [0.3, 0.4) is 0 Å². The molecule has 2 rings (SSSR count). The third kappa shape index (κ3) is 1.54. The van der Waals surface area contributed by atoms with Crippen LogP contribution in [0.5, 0.6) is 5.75 Å². The van der Waals surface area contributed by atoms with Crippen molar-refractivity contribution in [3.8, 4) is 11.8 Å². The Balaban J connectivity index is 2.52. The summed E-state index contributed by atoms with van der Waals surface area (Å²) in [5.41, 5.74) is 0.0693. The average Bonchev–Trinajstić information content (AvgIpc) is 2.25. The predicted molar refractivity (Wildman–Crippen MR) is 56.8 cm³/mol. The summed E-state index contributed by atoms with van der Waals surface area (Å²) in [7, 11) is 0. The maximum Gasteiger partial charge on any atom is 0.132 e. The van der Waals surface area contributed by atoms with Gasteiger partial charge in [0.25, 0.3) is 0 Å². The number of aliphatic hydroxyl groups excluding tert-OH is 2. The summed E-state index contributed by atoms with van der Waals surface area (Å²) < 4.78 is 5.58. The van der Waals surface area contributed by atoms with Crippen molar-refractivity contribution in [3.63, 3.8) is 0 Å². The summed E-state index contributed by atoms with van der Waals surface area (Å²) in [6.45, 7) is 3.42. The molecule has 1 aliphatic rings. The minimum atomic E-state index is -1.02. The maximum atomic E-state index is 9.95. The number of benzene rings is 1. The Bertz CT molecular complexity index is 462. The Kier molecular flexibility index (Phi) is 2.38. The molecule has 0 amide bonds. The molecule has 0 saturated carbocycles. The van der Waals surface area contributed by atoms with Gasteiger partial charge >= 0.3 is 0 Å². The number of hydrogen-bond acceptors (Lipinski definition) is 4. The van der Waals surface area contributed by atoms with Gasteiger partial charge in [-0.2, -0.15) is 5.26 Å². The van der Waals surface area contributed by atoms with Gasteiger partial charge in [-0.05, 0) is 32.0 Å². The minimum Gasteiger partial charge on any atom is -0.485 e. The second-order valence-corrected chi connectivity index (χ2v) is 4.46. The van der Waals surface area contributed by atoms with Gasteiger partial charge < -0.3 is 14.9 Å². The van der Waals surface area contributed by atoms with Crippen LogP contribution in [-0.4, -0.2) is 21.9 Å². The molecular formula is C12H13NO3. The number of hydrogen-bond donors (Lipinski definition) is 2. The van der Waals surface area contributed by atoms with Crippen molar-refractivity contribution in [3.05, 3.63) is 29.3 Å². The van der Waals surface area contributed by atoms with E-state index in [9.17, 15) is 10.2 Å². The molecule has 16 heavy (non-hydrogen) atoms. The van der Waals surface area contributed by atoms with E-state index in [2.05, 4.69) is 0 Å². The zero-order chi connectivity index (χ0) is 11.9. The molecular weight excluding hydrogens is 206 g/mol. The largest absolute Gasteiger partial charge is 0.485 e. The van der Waals surface area contributed by atoms with Crippen molar-refractivity contribution in [2.75, 3.05) is 0 Å². The molecule has 1 aromatic carbocycles. The normalized spacial score (nSPS) is 26.4. The second kappa shape index (κ2) is 3.48. The standard InChI is InChI=1S/C12H13NO3/c1-12(2)11(15)10(14)8-5-7(6-13)3-4-9(8)16-12/h3-5,10-11,14-15H,1-2H3/t10-,11-/m0/s1. The third-order valence-corrected chi connectivity index (χ3v) is 2.84. The molecule has 1 aromatic rings. The topological polar surface area (TPSA) is 73.5 Å². The van der Waals surface area contributed by atoms with Crippen molar-refractivity contribution in [1.29, 1.82) is 5.26 Å². The number of aliphatic hydroxyl groups is 2. The molecule has 0 bridgehead atoms. The second-order valence-electron chi connectivity index (χ2n) is 4.46. The lowest BCUT2D eigenvalue weighted by Crippen LogP contribution is -2.48. The highest BCUT2D eigenvalue weighted by Gasteiger charge is 2.42. The van der Waals surface area contributed by atoms with Gasteiger partial charge in [-0.15, -0.1) is 0 Å². The smallest absolute Gasteiger partial charge is 0.132 e. The lowest BCUT2D eigenvalue weighted by Gasteiger charge is -2.40. The zero-order valence-electron chi connectivity index (χ0n) is 9.14. The summed E-state index contributed by atoms with van der Waals surface area (Å²) in [6, 6.07) is 6.79. The van der Waals surface area contributed by atoms with Crippen molar-refractivity contribution in [2.24, 2.45) is 0 Å². The van der Waals surface area contributed by atoms with E-state index >= 15 is 0 Å². The molecule has 2 N–H and O–H groups in total. The molecule has 1 heterocycles. The lowest BCUT2D eigenvalue weighted by atomic mass is 9.88. The van der Waals surface area contributed by atoms with E-state index in [0.717, 1.165) is 0 Å². The van der Waals surface area contributed by atoms with Crippen LogP contribution in [0.1, 0.15) is 31.1 Å². The first-order valence-electron chi connectivity index (χ1n) is 5.05. The van der Waals surface area contributed by atoms with Crippen molar-refractivity contribution in [2.45, 2.75) is 31.7 Å². The highest BCUT2D eigenvalue weighted by molar-refractivity contribution is 5.45. The summed E-state index contributed by atoms with van der Waals surface area (Å²) in [4.78, 5) is 0. The fourth-order valence-electron chi connectivity index (χ4n) is 1.84. The molecule has 0 radical (unpaired) electrons. The van der Waals surface area contributed by atoms with E-state index in [4.69, 9.17) is 10.00 Å². The van der Waals surface area contributed by atoms with Crippen LogP contribution < -0.4 is 4.74 Å². The van der Waals surface area contributed by atoms with Crippen LogP contribution in [0.15, 0.2) is 18.2 Å². The van der Waals surface area contributed by atoms with Crippen LogP contribution >= 0.6 is 0 Å². The first-order chi connectivity index (χ1) is 7.45. The molecule has 0 aliphatic carbocycles. The van der Waals surface area contributed by atoms with Gasteiger partial charge in [-0.25, -0.2) is 0 Å². The van der Waals surface area contributed by atoms with Crippen molar-refractivity contribution >= 4 is 0 Å². The fraction of sp³-hybridized carbons (Fsp3) is 0.417. The maximum absolute atomic E-state index is 9.95. The molecule has 2 atom stereocenters. The number of nitrogens with zero attached hydrogens (tertiary/aromatic N) is 1. The number of ether oxygens (including phenoxy) is 1. The highest BCUT2D eigenvalue weighted by atomic mass is 16.5. The summed E-state index contributed by atoms with van der Waals surface area (Å²) >= 11 is 0. The predicted octanol–water partition coefficient (Wildman–Crippen LogP) is 1.12. The number of fused-ring (bicyclic) bond motifs is 1. The van der Waals surface area contributed by atoms with Crippen LogP contribution in [0.2, 0.25) is 0 Å². The van der Waals surface area contributed by atoms with E-state index in [0.29, 0.717) is 16.9 Å². The van der Waals surface area contributed by atoms with Crippen LogP contribution in [0.4, 0.5) is 0 Å². The number of nitriles is 1. The van der Waals surface area contributed by atoms with Crippen molar-refractivity contribution < 1.29 is 14.9 Å². The van der Waals surface area contributed by atoms with Gasteiger partial charge in [0.05, 0.1) is 11.6 Å². The van der Waals surface area contributed by atoms with E-state index in [-0.39, 0.29) is 0 Å². The van der Waals surface area contributed by atoms with Gasteiger partial charge in [-0.1, -0.05) is 0 Å². The van der Waals surface area contributed by atoms with Gasteiger partial charge in [0.2, 0.25) is 0 Å². The van der Waals surface area contributed by atoms with E-state index in [1.165, 1.54) is 0 Å². The van der Waals surface area contributed by atoms with Gasteiger partial charge in [0.15, 0.2) is 0 Å². The van der Waals surface area contributed by atoms with E-state index in [1.807, 2.05) is 6.07 Å². The van der Waals surface area contributed by atoms with Gasteiger partial charge in [0, 0.05) is 5.56 Å². The van der Waals surface area contributed by atoms with Crippen LogP contribution in [0.25, 0.3) is 0 Å². The Morgan fingerprint density at radius 1 is 1.38 bits per heavy atom. The molecule has 0 fully saturated rings. The molecule has 0 saturated heterocycles. The van der Waals surface area contributed by atoms with Crippen molar-refractivity contribution in [1.82, 2.24) is 0 Å². The first-order valence-corrected chi connectivity index (χ1v) is 5.05. The summed E-state index contributed by atoms with van der Waals surface area (Å²) in [6.07, 6.45) is -2.03. The molecule has 4 nitrogen and oxygen atoms in total. The molecule has 84 valence electrons. The quantitative estimate of drug-likeness (QED) is 0.685. The third-order valence-electron chi connectivity index (χ3n) is 2.84. The first kappa shape index (κ1) is 10.9. The molecule has 0 spiro atoms. The van der Waals surface area contributed by atoms with E-state index in [1.54, 1.807) is 32.0 Å². The summed E-state index contributed by atoms with van der Waals surface area (Å²) in [5.74, 6) is 0.516. The highest BCUT2D eigenvalue weighted by Crippen LogP contribution is 2.39. The fourth-order valence-corrected chi connectivity index (χ4v) is 1.84. The van der Waals surface area contributed by atoms with Crippen LogP contribution in [-0.2, 0) is 0 Å². The Hall–Kier alpha value is -1.57. The monoisotopic (exact) mass is 219 g/mol. The Labute approximate surface area is 93.7 Å². The summed E-state index contributed by atoms with van der Waals surface area (Å²) in [5, 5.41) is 28.6. The average molecular weight is 219 g/mol.